The fourth-order valence-corrected chi connectivity index (χ4v) is 4.30. The summed E-state index contributed by atoms with van der Waals surface area (Å²) in [5, 5.41) is 8.90. The summed E-state index contributed by atoms with van der Waals surface area (Å²) >= 11 is 18.3. The highest BCUT2D eigenvalue weighted by Gasteiger charge is 2.31. The van der Waals surface area contributed by atoms with Crippen LogP contribution in [0.15, 0.2) is 65.4 Å². The van der Waals surface area contributed by atoms with E-state index in [1.54, 1.807) is 0 Å². The monoisotopic (exact) mass is 400 g/mol. The molecule has 2 aromatic carbocycles. The quantitative estimate of drug-likeness (QED) is 0.601. The largest absolute Gasteiger partial charge is 0.352 e. The van der Waals surface area contributed by atoms with E-state index >= 15 is 0 Å². The molecule has 1 aliphatic heterocycles. The molecule has 0 saturated heterocycles. The second-order valence-corrected chi connectivity index (χ2v) is 7.72. The van der Waals surface area contributed by atoms with Crippen molar-refractivity contribution in [2.45, 2.75) is 25.3 Å². The van der Waals surface area contributed by atoms with Crippen molar-refractivity contribution in [1.82, 2.24) is 10.6 Å². The van der Waals surface area contributed by atoms with Gasteiger partial charge < -0.3 is 10.6 Å². The van der Waals surface area contributed by atoms with Crippen molar-refractivity contribution in [1.29, 1.82) is 0 Å². The lowest BCUT2D eigenvalue weighted by atomic mass is 9.83. The van der Waals surface area contributed by atoms with Crippen LogP contribution >= 0.6 is 35.4 Å². The van der Waals surface area contributed by atoms with Crippen molar-refractivity contribution in [2.75, 3.05) is 0 Å². The zero-order valence-corrected chi connectivity index (χ0v) is 16.4. The minimum absolute atomic E-state index is 0.00222. The van der Waals surface area contributed by atoms with Gasteiger partial charge in [-0.05, 0) is 72.0 Å². The van der Waals surface area contributed by atoms with Gasteiger partial charge in [0.2, 0.25) is 0 Å². The lowest BCUT2D eigenvalue weighted by Gasteiger charge is -2.36. The van der Waals surface area contributed by atoms with E-state index in [2.05, 4.69) is 22.8 Å². The Morgan fingerprint density at radius 3 is 2.46 bits per heavy atom. The third-order valence-electron chi connectivity index (χ3n) is 4.85. The molecule has 0 unspecified atom stereocenters. The minimum Gasteiger partial charge on any atom is -0.352 e. The van der Waals surface area contributed by atoms with Gasteiger partial charge in [-0.25, -0.2) is 0 Å². The molecule has 2 N–H and O–H groups in total. The maximum atomic E-state index is 6.47. The predicted octanol–water partition coefficient (Wildman–Crippen LogP) is 6.03. The Morgan fingerprint density at radius 1 is 0.962 bits per heavy atom. The van der Waals surface area contributed by atoms with E-state index < -0.39 is 0 Å². The maximum Gasteiger partial charge on any atom is 0.171 e. The molecular weight excluding hydrogens is 383 g/mol. The first-order chi connectivity index (χ1) is 12.6. The summed E-state index contributed by atoms with van der Waals surface area (Å²) in [7, 11) is 0. The number of nitrogens with one attached hydrogen (secondary N) is 2. The molecule has 26 heavy (non-hydrogen) atoms. The molecule has 2 aromatic rings. The van der Waals surface area contributed by atoms with Gasteiger partial charge in [-0.3, -0.25) is 0 Å². The number of benzene rings is 2. The zero-order valence-electron chi connectivity index (χ0n) is 14.1. The SMILES string of the molecule is S=C1NC2=C(CCC/C2=C\c2ccccc2Cl)[C@H](c2ccccc2Cl)N1. The highest BCUT2D eigenvalue weighted by atomic mass is 35.5. The number of hydrogen-bond donors (Lipinski definition) is 2. The summed E-state index contributed by atoms with van der Waals surface area (Å²) in [6, 6.07) is 15.8. The van der Waals surface area contributed by atoms with Gasteiger partial charge in [-0.2, -0.15) is 0 Å². The summed E-state index contributed by atoms with van der Waals surface area (Å²) in [5.41, 5.74) is 5.74. The van der Waals surface area contributed by atoms with Crippen LogP contribution in [-0.2, 0) is 0 Å². The van der Waals surface area contributed by atoms with E-state index in [9.17, 15) is 0 Å². The number of hydrogen-bond acceptors (Lipinski definition) is 1. The van der Waals surface area contributed by atoms with Crippen LogP contribution < -0.4 is 10.6 Å². The van der Waals surface area contributed by atoms with E-state index in [0.717, 1.165) is 46.1 Å². The molecule has 1 aliphatic carbocycles. The van der Waals surface area contributed by atoms with Gasteiger partial charge in [0.25, 0.3) is 0 Å². The molecule has 0 radical (unpaired) electrons. The van der Waals surface area contributed by atoms with E-state index in [4.69, 9.17) is 35.4 Å². The van der Waals surface area contributed by atoms with Gasteiger partial charge in [0.1, 0.15) is 0 Å². The third kappa shape index (κ3) is 3.39. The molecule has 5 heteroatoms. The average Bonchev–Trinajstić information content (AvgIpc) is 2.64. The number of thiocarbonyl (C=S) groups is 1. The predicted molar refractivity (Wildman–Crippen MR) is 113 cm³/mol. The number of halogens is 2. The van der Waals surface area contributed by atoms with Crippen LogP contribution in [0.5, 0.6) is 0 Å². The van der Waals surface area contributed by atoms with Gasteiger partial charge in [-0.1, -0.05) is 59.6 Å². The Labute approximate surface area is 168 Å². The van der Waals surface area contributed by atoms with Crippen LogP contribution in [-0.4, -0.2) is 5.11 Å². The molecule has 0 bridgehead atoms. The van der Waals surface area contributed by atoms with Crippen molar-refractivity contribution >= 4 is 46.6 Å². The van der Waals surface area contributed by atoms with E-state index in [1.807, 2.05) is 42.5 Å². The summed E-state index contributed by atoms with van der Waals surface area (Å²) in [6.45, 7) is 0. The lowest BCUT2D eigenvalue weighted by molar-refractivity contribution is 0.609. The Kier molecular flexibility index (Phi) is 5.03. The topological polar surface area (TPSA) is 24.1 Å². The van der Waals surface area contributed by atoms with E-state index in [0.29, 0.717) is 5.11 Å². The molecule has 132 valence electrons. The van der Waals surface area contributed by atoms with Crippen LogP contribution in [0.2, 0.25) is 10.0 Å². The molecular formula is C21H18Cl2N2S. The molecule has 0 spiro atoms. The Balaban J connectivity index is 1.81. The van der Waals surface area contributed by atoms with Crippen LogP contribution in [0.4, 0.5) is 0 Å². The second kappa shape index (κ2) is 7.43. The molecule has 0 saturated carbocycles. The van der Waals surface area contributed by atoms with Gasteiger partial charge >= 0.3 is 0 Å². The lowest BCUT2D eigenvalue weighted by Crippen LogP contribution is -2.45. The van der Waals surface area contributed by atoms with E-state index in [1.165, 1.54) is 11.1 Å². The third-order valence-corrected chi connectivity index (χ3v) is 5.76. The van der Waals surface area contributed by atoms with Gasteiger partial charge in [0, 0.05) is 15.7 Å². The van der Waals surface area contributed by atoms with Crippen LogP contribution in [0.1, 0.15) is 36.4 Å². The van der Waals surface area contributed by atoms with Crippen molar-refractivity contribution in [3.63, 3.8) is 0 Å². The smallest absolute Gasteiger partial charge is 0.171 e. The van der Waals surface area contributed by atoms with Crippen LogP contribution in [0.25, 0.3) is 6.08 Å². The maximum absolute atomic E-state index is 6.47. The molecule has 2 aliphatic rings. The van der Waals surface area contributed by atoms with Crippen molar-refractivity contribution in [3.05, 3.63) is 86.5 Å². The number of allylic oxidation sites excluding steroid dienone is 1. The standard InChI is InChI=1S/C21H18Cl2N2S/c22-17-10-3-1-6-13(17)12-14-7-5-9-16-19(14)24-21(26)25-20(16)15-8-2-4-11-18(15)23/h1-4,6,8,10-12,20H,5,7,9H2,(H2,24,25,26)/b14-12+/t20-/m0/s1. The van der Waals surface area contributed by atoms with Gasteiger partial charge in [-0.15, -0.1) is 0 Å². The Hall–Kier alpha value is -1.81. The van der Waals surface area contributed by atoms with E-state index in [-0.39, 0.29) is 6.04 Å². The average molecular weight is 401 g/mol. The van der Waals surface area contributed by atoms with Crippen LogP contribution in [0, 0.1) is 0 Å². The van der Waals surface area contributed by atoms with Crippen molar-refractivity contribution in [2.24, 2.45) is 0 Å². The highest BCUT2D eigenvalue weighted by molar-refractivity contribution is 7.80. The molecule has 1 heterocycles. The summed E-state index contributed by atoms with van der Waals surface area (Å²) in [5.74, 6) is 0. The molecule has 4 rings (SSSR count). The summed E-state index contributed by atoms with van der Waals surface area (Å²) in [6.07, 6.45) is 5.26. The molecule has 1 atom stereocenters. The first-order valence-electron chi connectivity index (χ1n) is 8.64. The fraction of sp³-hybridized carbons (Fsp3) is 0.190. The summed E-state index contributed by atoms with van der Waals surface area (Å²) in [4.78, 5) is 0. The Bertz CT molecular complexity index is 933. The Morgan fingerprint density at radius 2 is 1.69 bits per heavy atom. The molecule has 0 aromatic heterocycles. The second-order valence-electron chi connectivity index (χ2n) is 6.50. The van der Waals surface area contributed by atoms with Crippen molar-refractivity contribution < 1.29 is 0 Å². The summed E-state index contributed by atoms with van der Waals surface area (Å²) < 4.78 is 0. The molecule has 2 nitrogen and oxygen atoms in total. The molecule has 0 fully saturated rings. The first kappa shape index (κ1) is 17.6. The zero-order chi connectivity index (χ0) is 18.1. The highest BCUT2D eigenvalue weighted by Crippen LogP contribution is 2.40. The fourth-order valence-electron chi connectivity index (χ4n) is 3.64. The van der Waals surface area contributed by atoms with Crippen molar-refractivity contribution in [3.8, 4) is 0 Å². The minimum atomic E-state index is 0.00222. The first-order valence-corrected chi connectivity index (χ1v) is 9.80. The molecule has 0 amide bonds. The van der Waals surface area contributed by atoms with Gasteiger partial charge in [0.05, 0.1) is 6.04 Å². The van der Waals surface area contributed by atoms with Gasteiger partial charge in [0.15, 0.2) is 5.11 Å². The normalized spacial score (nSPS) is 21.2. The van der Waals surface area contributed by atoms with Crippen LogP contribution in [0.3, 0.4) is 0 Å². The number of rotatable bonds is 2.